The van der Waals surface area contributed by atoms with E-state index in [1.807, 2.05) is 11.8 Å². The highest BCUT2D eigenvalue weighted by molar-refractivity contribution is 7.99. The fourth-order valence-electron chi connectivity index (χ4n) is 1.77. The zero-order valence-electron chi connectivity index (χ0n) is 8.50. The molecule has 0 atom stereocenters. The van der Waals surface area contributed by atoms with Crippen LogP contribution in [0.4, 0.5) is 15.8 Å². The van der Waals surface area contributed by atoms with Gasteiger partial charge in [-0.25, -0.2) is 4.39 Å². The molecule has 1 saturated heterocycles. The van der Waals surface area contributed by atoms with Gasteiger partial charge in [-0.15, -0.1) is 0 Å². The molecule has 1 aliphatic heterocycles. The average Bonchev–Trinajstić information content (AvgIpc) is 2.17. The van der Waals surface area contributed by atoms with Crippen LogP contribution < -0.4 is 11.1 Å². The Morgan fingerprint density at radius 2 is 2.00 bits per heavy atom. The van der Waals surface area contributed by atoms with Gasteiger partial charge in [0, 0.05) is 17.4 Å². The molecule has 1 heterocycles. The molecule has 0 aliphatic carbocycles. The van der Waals surface area contributed by atoms with Crippen LogP contribution in [0, 0.1) is 5.82 Å². The van der Waals surface area contributed by atoms with E-state index >= 15 is 0 Å². The predicted octanol–water partition coefficient (Wildman–Crippen LogP) is 2.72. The molecule has 0 aromatic heterocycles. The minimum Gasteiger partial charge on any atom is -0.399 e. The SMILES string of the molecule is Nc1cc(F)cc(NC2CCSCC2)c1. The minimum atomic E-state index is -0.275. The number of benzene rings is 1. The first-order valence-electron chi connectivity index (χ1n) is 5.14. The molecule has 0 spiro atoms. The number of nitrogens with two attached hydrogens (primary N) is 1. The molecular formula is C11H15FN2S. The number of hydrogen-bond donors (Lipinski definition) is 2. The van der Waals surface area contributed by atoms with E-state index in [1.54, 1.807) is 6.07 Å². The third kappa shape index (κ3) is 3.02. The molecule has 1 fully saturated rings. The Morgan fingerprint density at radius 3 is 2.67 bits per heavy atom. The van der Waals surface area contributed by atoms with E-state index in [0.29, 0.717) is 11.7 Å². The zero-order valence-corrected chi connectivity index (χ0v) is 9.32. The molecule has 0 bridgehead atoms. The van der Waals surface area contributed by atoms with Crippen LogP contribution in [0.15, 0.2) is 18.2 Å². The van der Waals surface area contributed by atoms with Gasteiger partial charge < -0.3 is 11.1 Å². The molecule has 0 unspecified atom stereocenters. The van der Waals surface area contributed by atoms with Crippen molar-refractivity contribution in [2.75, 3.05) is 22.6 Å². The van der Waals surface area contributed by atoms with Gasteiger partial charge in [0.25, 0.3) is 0 Å². The first-order chi connectivity index (χ1) is 7.24. The Morgan fingerprint density at radius 1 is 1.27 bits per heavy atom. The standard InChI is InChI=1S/C11H15FN2S/c12-8-5-9(13)7-11(6-8)14-10-1-3-15-4-2-10/h5-7,10,14H,1-4,13H2. The van der Waals surface area contributed by atoms with Crippen molar-refractivity contribution in [3.05, 3.63) is 24.0 Å². The largest absolute Gasteiger partial charge is 0.399 e. The van der Waals surface area contributed by atoms with Gasteiger partial charge in [0.1, 0.15) is 5.82 Å². The fraction of sp³-hybridized carbons (Fsp3) is 0.455. The van der Waals surface area contributed by atoms with Crippen molar-refractivity contribution >= 4 is 23.1 Å². The summed E-state index contributed by atoms with van der Waals surface area (Å²) in [6.07, 6.45) is 2.28. The van der Waals surface area contributed by atoms with Crippen molar-refractivity contribution in [1.82, 2.24) is 0 Å². The van der Waals surface area contributed by atoms with E-state index in [-0.39, 0.29) is 5.82 Å². The van der Waals surface area contributed by atoms with E-state index in [9.17, 15) is 4.39 Å². The molecule has 3 N–H and O–H groups in total. The van der Waals surface area contributed by atoms with Crippen molar-refractivity contribution in [3.8, 4) is 0 Å². The molecule has 4 heteroatoms. The molecule has 1 aliphatic rings. The van der Waals surface area contributed by atoms with Gasteiger partial charge in [0.2, 0.25) is 0 Å². The molecule has 82 valence electrons. The van der Waals surface area contributed by atoms with Crippen molar-refractivity contribution in [2.45, 2.75) is 18.9 Å². The lowest BCUT2D eigenvalue weighted by Crippen LogP contribution is -2.24. The zero-order chi connectivity index (χ0) is 10.7. The lowest BCUT2D eigenvalue weighted by Gasteiger charge is -2.23. The third-order valence-electron chi connectivity index (χ3n) is 2.51. The van der Waals surface area contributed by atoms with Gasteiger partial charge >= 0.3 is 0 Å². The normalized spacial score (nSPS) is 17.7. The summed E-state index contributed by atoms with van der Waals surface area (Å²) < 4.78 is 13.1. The van der Waals surface area contributed by atoms with Gasteiger partial charge in [0.05, 0.1) is 0 Å². The maximum atomic E-state index is 13.1. The minimum absolute atomic E-state index is 0.275. The molecular weight excluding hydrogens is 211 g/mol. The second kappa shape index (κ2) is 4.75. The van der Waals surface area contributed by atoms with Crippen LogP contribution in [-0.4, -0.2) is 17.5 Å². The molecule has 15 heavy (non-hydrogen) atoms. The quantitative estimate of drug-likeness (QED) is 0.761. The van der Waals surface area contributed by atoms with Crippen LogP contribution in [0.3, 0.4) is 0 Å². The van der Waals surface area contributed by atoms with Crippen LogP contribution in [0.5, 0.6) is 0 Å². The van der Waals surface area contributed by atoms with E-state index in [1.165, 1.54) is 23.6 Å². The Hall–Kier alpha value is -0.900. The number of nitrogen functional groups attached to an aromatic ring is 1. The number of rotatable bonds is 2. The number of thioether (sulfide) groups is 1. The van der Waals surface area contributed by atoms with Crippen LogP contribution in [-0.2, 0) is 0 Å². The predicted molar refractivity (Wildman–Crippen MR) is 64.8 cm³/mol. The molecule has 1 aromatic rings. The summed E-state index contributed by atoms with van der Waals surface area (Å²) >= 11 is 1.98. The van der Waals surface area contributed by atoms with Gasteiger partial charge in [0.15, 0.2) is 0 Å². The Labute approximate surface area is 93.4 Å². The number of hydrogen-bond acceptors (Lipinski definition) is 3. The third-order valence-corrected chi connectivity index (χ3v) is 3.56. The van der Waals surface area contributed by atoms with Gasteiger partial charge in [-0.2, -0.15) is 11.8 Å². The average molecular weight is 226 g/mol. The first-order valence-corrected chi connectivity index (χ1v) is 6.30. The Kier molecular flexibility index (Phi) is 3.36. The Balaban J connectivity index is 2.02. The second-order valence-corrected chi connectivity index (χ2v) is 5.03. The number of nitrogens with one attached hydrogen (secondary N) is 1. The van der Waals surface area contributed by atoms with Crippen LogP contribution in [0.2, 0.25) is 0 Å². The summed E-state index contributed by atoms with van der Waals surface area (Å²) in [7, 11) is 0. The monoisotopic (exact) mass is 226 g/mol. The second-order valence-electron chi connectivity index (χ2n) is 3.80. The Bertz CT molecular complexity index is 317. The maximum absolute atomic E-state index is 13.1. The molecule has 0 amide bonds. The summed E-state index contributed by atoms with van der Waals surface area (Å²) in [5, 5.41) is 3.33. The van der Waals surface area contributed by atoms with Crippen molar-refractivity contribution in [3.63, 3.8) is 0 Å². The van der Waals surface area contributed by atoms with Crippen LogP contribution >= 0.6 is 11.8 Å². The van der Waals surface area contributed by atoms with E-state index in [0.717, 1.165) is 18.5 Å². The summed E-state index contributed by atoms with van der Waals surface area (Å²) in [4.78, 5) is 0. The van der Waals surface area contributed by atoms with Crippen molar-refractivity contribution < 1.29 is 4.39 Å². The lowest BCUT2D eigenvalue weighted by molar-refractivity contribution is 0.626. The lowest BCUT2D eigenvalue weighted by atomic mass is 10.1. The van der Waals surface area contributed by atoms with E-state index in [2.05, 4.69) is 5.32 Å². The van der Waals surface area contributed by atoms with E-state index < -0.39 is 0 Å². The molecule has 0 radical (unpaired) electrons. The smallest absolute Gasteiger partial charge is 0.127 e. The highest BCUT2D eigenvalue weighted by Gasteiger charge is 2.13. The van der Waals surface area contributed by atoms with Gasteiger partial charge in [-0.05, 0) is 42.5 Å². The maximum Gasteiger partial charge on any atom is 0.127 e. The van der Waals surface area contributed by atoms with Crippen LogP contribution in [0.1, 0.15) is 12.8 Å². The first kappa shape index (κ1) is 10.6. The van der Waals surface area contributed by atoms with Crippen molar-refractivity contribution in [2.24, 2.45) is 0 Å². The highest BCUT2D eigenvalue weighted by atomic mass is 32.2. The van der Waals surface area contributed by atoms with Gasteiger partial charge in [-0.1, -0.05) is 0 Å². The van der Waals surface area contributed by atoms with Gasteiger partial charge in [-0.3, -0.25) is 0 Å². The number of anilines is 2. The summed E-state index contributed by atoms with van der Waals surface area (Å²) in [6, 6.07) is 5.08. The molecule has 2 nitrogen and oxygen atoms in total. The van der Waals surface area contributed by atoms with Crippen LogP contribution in [0.25, 0.3) is 0 Å². The number of halogens is 1. The van der Waals surface area contributed by atoms with E-state index in [4.69, 9.17) is 5.73 Å². The topological polar surface area (TPSA) is 38.0 Å². The van der Waals surface area contributed by atoms with Crippen molar-refractivity contribution in [1.29, 1.82) is 0 Å². The molecule has 1 aromatic carbocycles. The molecule has 0 saturated carbocycles. The summed E-state index contributed by atoms with van der Waals surface area (Å²) in [5.41, 5.74) is 6.85. The fourth-order valence-corrected chi connectivity index (χ4v) is 2.88. The highest BCUT2D eigenvalue weighted by Crippen LogP contribution is 2.22. The summed E-state index contributed by atoms with van der Waals surface area (Å²) in [6.45, 7) is 0. The molecule has 2 rings (SSSR count). The summed E-state index contributed by atoms with van der Waals surface area (Å²) in [5.74, 6) is 2.09.